The summed E-state index contributed by atoms with van der Waals surface area (Å²) in [4.78, 5) is 23.0. The molecule has 0 atom stereocenters. The molecule has 0 fully saturated rings. The maximum absolute atomic E-state index is 12.4. The Morgan fingerprint density at radius 3 is 2.21 bits per heavy atom. The molecule has 0 aliphatic rings. The topological polar surface area (TPSA) is 70.2 Å². The Kier molecular flexibility index (Phi) is 5.89. The van der Waals surface area contributed by atoms with Crippen molar-refractivity contribution < 1.29 is 4.79 Å². The van der Waals surface area contributed by atoms with Crippen molar-refractivity contribution in [3.05, 3.63) is 72.1 Å². The summed E-state index contributed by atoms with van der Waals surface area (Å²) in [7, 11) is 3.94. The molecule has 1 heterocycles. The van der Waals surface area contributed by atoms with E-state index in [-0.39, 0.29) is 5.91 Å². The molecule has 0 unspecified atom stereocenters. The average Bonchev–Trinajstić information content (AvgIpc) is 2.69. The lowest BCUT2D eigenvalue weighted by Gasteiger charge is -2.14. The third-order valence-corrected chi connectivity index (χ3v) is 4.38. The van der Waals surface area contributed by atoms with E-state index in [1.54, 1.807) is 0 Å². The number of hydrogen-bond acceptors (Lipinski definition) is 5. The van der Waals surface area contributed by atoms with E-state index in [2.05, 4.69) is 40.5 Å². The number of rotatable bonds is 6. The molecule has 2 aromatic carbocycles. The number of carbonyl (C=O) groups is 1. The van der Waals surface area contributed by atoms with Crippen LogP contribution in [0.15, 0.2) is 60.9 Å². The number of benzene rings is 2. The van der Waals surface area contributed by atoms with Crippen molar-refractivity contribution >= 4 is 28.9 Å². The van der Waals surface area contributed by atoms with Crippen molar-refractivity contribution in [1.29, 1.82) is 0 Å². The van der Waals surface area contributed by atoms with Gasteiger partial charge in [0.05, 0.1) is 5.56 Å². The molecule has 0 spiro atoms. The third-order valence-electron chi connectivity index (χ3n) is 4.38. The minimum Gasteiger partial charge on any atom is -0.378 e. The van der Waals surface area contributed by atoms with Gasteiger partial charge in [0.15, 0.2) is 0 Å². The molecule has 3 rings (SSSR count). The van der Waals surface area contributed by atoms with Crippen LogP contribution < -0.4 is 15.5 Å². The Morgan fingerprint density at radius 1 is 0.964 bits per heavy atom. The van der Waals surface area contributed by atoms with Gasteiger partial charge in [0, 0.05) is 43.6 Å². The first-order valence-corrected chi connectivity index (χ1v) is 9.21. The molecule has 0 radical (unpaired) electrons. The predicted molar refractivity (Wildman–Crippen MR) is 115 cm³/mol. The first-order valence-electron chi connectivity index (χ1n) is 9.21. The number of amides is 1. The molecule has 144 valence electrons. The number of nitrogens with one attached hydrogen (secondary N) is 2. The van der Waals surface area contributed by atoms with Crippen LogP contribution in [0.5, 0.6) is 0 Å². The summed E-state index contributed by atoms with van der Waals surface area (Å²) in [5.74, 6) is 0.597. The van der Waals surface area contributed by atoms with Crippen molar-refractivity contribution in [2.45, 2.75) is 19.8 Å². The molecule has 6 heteroatoms. The first-order chi connectivity index (χ1) is 13.4. The fourth-order valence-electron chi connectivity index (χ4n) is 2.79. The Hall–Kier alpha value is -3.41. The Labute approximate surface area is 165 Å². The number of para-hydroxylation sites is 1. The van der Waals surface area contributed by atoms with Crippen molar-refractivity contribution in [2.75, 3.05) is 29.6 Å². The second-order valence-corrected chi connectivity index (χ2v) is 7.06. The van der Waals surface area contributed by atoms with Gasteiger partial charge in [-0.25, -0.2) is 9.97 Å². The predicted octanol–water partition coefficient (Wildman–Crippen LogP) is 4.66. The van der Waals surface area contributed by atoms with E-state index < -0.39 is 0 Å². The summed E-state index contributed by atoms with van der Waals surface area (Å²) in [5, 5.41) is 6.09. The van der Waals surface area contributed by atoms with Gasteiger partial charge in [-0.15, -0.1) is 0 Å². The Morgan fingerprint density at radius 2 is 1.61 bits per heavy atom. The van der Waals surface area contributed by atoms with E-state index in [9.17, 15) is 4.79 Å². The van der Waals surface area contributed by atoms with E-state index in [1.165, 1.54) is 18.0 Å². The number of carbonyl (C=O) groups excluding carboxylic acids is 1. The van der Waals surface area contributed by atoms with Crippen molar-refractivity contribution in [3.8, 4) is 0 Å². The Balaban J connectivity index is 1.68. The zero-order valence-electron chi connectivity index (χ0n) is 16.6. The summed E-state index contributed by atoms with van der Waals surface area (Å²) in [6.45, 7) is 4.28. The number of aromatic nitrogens is 2. The van der Waals surface area contributed by atoms with Crippen molar-refractivity contribution in [3.63, 3.8) is 0 Å². The fraction of sp³-hybridized carbons (Fsp3) is 0.227. The Bertz CT molecular complexity index is 934. The minimum absolute atomic E-state index is 0.244. The lowest BCUT2D eigenvalue weighted by Crippen LogP contribution is -2.13. The van der Waals surface area contributed by atoms with Gasteiger partial charge in [-0.1, -0.05) is 32.0 Å². The zero-order chi connectivity index (χ0) is 20.1. The molecule has 1 amide bonds. The summed E-state index contributed by atoms with van der Waals surface area (Å²) >= 11 is 0. The highest BCUT2D eigenvalue weighted by Gasteiger charge is 2.10. The number of nitrogens with zero attached hydrogens (tertiary/aromatic N) is 3. The normalized spacial score (nSPS) is 10.6. The van der Waals surface area contributed by atoms with E-state index in [0.717, 1.165) is 17.1 Å². The van der Waals surface area contributed by atoms with E-state index >= 15 is 0 Å². The molecule has 28 heavy (non-hydrogen) atoms. The van der Waals surface area contributed by atoms with Gasteiger partial charge in [-0.3, -0.25) is 4.79 Å². The highest BCUT2D eigenvalue weighted by atomic mass is 16.1. The molecule has 0 aliphatic heterocycles. The molecular formula is C22H25N5O. The van der Waals surface area contributed by atoms with Gasteiger partial charge in [0.2, 0.25) is 5.95 Å². The molecule has 0 saturated carbocycles. The minimum atomic E-state index is -0.244. The molecule has 1 aromatic heterocycles. The van der Waals surface area contributed by atoms with Crippen LogP contribution >= 0.6 is 0 Å². The van der Waals surface area contributed by atoms with Crippen LogP contribution in [0.1, 0.15) is 35.7 Å². The molecular weight excluding hydrogens is 350 g/mol. The highest BCUT2D eigenvalue weighted by molar-refractivity contribution is 6.04. The van der Waals surface area contributed by atoms with Crippen LogP contribution in [-0.2, 0) is 0 Å². The molecule has 0 bridgehead atoms. The van der Waals surface area contributed by atoms with E-state index in [0.29, 0.717) is 17.4 Å². The van der Waals surface area contributed by atoms with Crippen molar-refractivity contribution in [2.24, 2.45) is 0 Å². The average molecular weight is 375 g/mol. The van der Waals surface area contributed by atoms with Crippen molar-refractivity contribution in [1.82, 2.24) is 9.97 Å². The second kappa shape index (κ2) is 8.52. The lowest BCUT2D eigenvalue weighted by molar-refractivity contribution is 0.102. The molecule has 3 aromatic rings. The monoisotopic (exact) mass is 375 g/mol. The summed E-state index contributed by atoms with van der Waals surface area (Å²) in [5.41, 5.74) is 4.35. The summed E-state index contributed by atoms with van der Waals surface area (Å²) in [6.07, 6.45) is 3.05. The van der Waals surface area contributed by atoms with Gasteiger partial charge in [-0.05, 0) is 41.8 Å². The van der Waals surface area contributed by atoms with Crippen LogP contribution in [0, 0.1) is 0 Å². The maximum Gasteiger partial charge on any atom is 0.258 e. The van der Waals surface area contributed by atoms with Gasteiger partial charge in [-0.2, -0.15) is 0 Å². The van der Waals surface area contributed by atoms with E-state index in [1.807, 2.05) is 61.5 Å². The highest BCUT2D eigenvalue weighted by Crippen LogP contribution is 2.25. The van der Waals surface area contributed by atoms with Gasteiger partial charge >= 0.3 is 0 Å². The van der Waals surface area contributed by atoms with Crippen LogP contribution in [0.3, 0.4) is 0 Å². The first kappa shape index (κ1) is 19.4. The molecule has 0 aliphatic carbocycles. The maximum atomic E-state index is 12.4. The van der Waals surface area contributed by atoms with Gasteiger partial charge in [0.25, 0.3) is 5.91 Å². The van der Waals surface area contributed by atoms with Gasteiger partial charge in [0.1, 0.15) is 0 Å². The van der Waals surface area contributed by atoms with Crippen LogP contribution in [0.25, 0.3) is 0 Å². The van der Waals surface area contributed by atoms with Crippen LogP contribution in [0.4, 0.5) is 23.0 Å². The quantitative estimate of drug-likeness (QED) is 0.656. The third kappa shape index (κ3) is 4.65. The SMILES string of the molecule is CC(C)c1ccccc1Nc1ncc(C(=O)Nc2ccc(N(C)C)cc2)cn1. The smallest absolute Gasteiger partial charge is 0.258 e. The second-order valence-electron chi connectivity index (χ2n) is 7.06. The summed E-state index contributed by atoms with van der Waals surface area (Å²) in [6, 6.07) is 15.7. The standard InChI is InChI=1S/C22H25N5O/c1-15(2)19-7-5-6-8-20(19)26-22-23-13-16(14-24-22)21(28)25-17-9-11-18(12-10-17)27(3)4/h5-15H,1-4H3,(H,25,28)(H,23,24,26). The number of hydrogen-bond donors (Lipinski definition) is 2. The van der Waals surface area contributed by atoms with Crippen LogP contribution in [0.2, 0.25) is 0 Å². The molecule has 6 nitrogen and oxygen atoms in total. The zero-order valence-corrected chi connectivity index (χ0v) is 16.6. The largest absolute Gasteiger partial charge is 0.378 e. The van der Waals surface area contributed by atoms with Gasteiger partial charge < -0.3 is 15.5 Å². The van der Waals surface area contributed by atoms with Crippen LogP contribution in [-0.4, -0.2) is 30.0 Å². The summed E-state index contributed by atoms with van der Waals surface area (Å²) < 4.78 is 0. The molecule has 0 saturated heterocycles. The van der Waals surface area contributed by atoms with E-state index in [4.69, 9.17) is 0 Å². The lowest BCUT2D eigenvalue weighted by atomic mass is 10.0. The molecule has 2 N–H and O–H groups in total. The number of anilines is 4. The fourth-order valence-corrected chi connectivity index (χ4v) is 2.79.